The van der Waals surface area contributed by atoms with Crippen LogP contribution in [0.15, 0.2) is 60.0 Å². The predicted octanol–water partition coefficient (Wildman–Crippen LogP) is 4.79. The number of aryl methyl sites for hydroxylation is 1. The maximum Gasteiger partial charge on any atom is 0.123 e. The zero-order chi connectivity index (χ0) is 16.4. The molecule has 0 radical (unpaired) electrons. The fraction of sp³-hybridized carbons (Fsp3) is 0.0588. The van der Waals surface area contributed by atoms with Gasteiger partial charge in [-0.15, -0.1) is 11.3 Å². The molecule has 6 heteroatoms. The van der Waals surface area contributed by atoms with Crippen molar-refractivity contribution in [3.8, 4) is 10.4 Å². The number of hydrogen-bond donors (Lipinski definition) is 0. The van der Waals surface area contributed by atoms with Crippen molar-refractivity contribution in [3.63, 3.8) is 0 Å². The fourth-order valence-electron chi connectivity index (χ4n) is 2.20. The maximum atomic E-state index is 13.0. The van der Waals surface area contributed by atoms with Gasteiger partial charge < -0.3 is 4.55 Å². The maximum absolute atomic E-state index is 13.0. The summed E-state index contributed by atoms with van der Waals surface area (Å²) in [5.74, 6) is -0.299. The Labute approximate surface area is 140 Å². The monoisotopic (exact) mass is 346 g/mol. The van der Waals surface area contributed by atoms with E-state index in [1.165, 1.54) is 27.8 Å². The van der Waals surface area contributed by atoms with Crippen LogP contribution in [-0.2, 0) is 11.3 Å². The van der Waals surface area contributed by atoms with E-state index in [0.29, 0.717) is 11.4 Å². The van der Waals surface area contributed by atoms with Crippen molar-refractivity contribution in [1.29, 1.82) is 0 Å². The van der Waals surface area contributed by atoms with Crippen LogP contribution in [0.25, 0.3) is 10.4 Å². The van der Waals surface area contributed by atoms with Crippen LogP contribution < -0.4 is 4.31 Å². The predicted molar refractivity (Wildman–Crippen MR) is 92.0 cm³/mol. The highest BCUT2D eigenvalue weighted by atomic mass is 32.2. The summed E-state index contributed by atoms with van der Waals surface area (Å²) in [7, 11) is 0. The molecule has 0 saturated carbocycles. The van der Waals surface area contributed by atoms with Crippen molar-refractivity contribution in [2.24, 2.45) is 0 Å². The fourth-order valence-corrected chi connectivity index (χ4v) is 3.72. The second kappa shape index (κ2) is 6.62. The standard InChI is InChI=1S/C17H14FNO2S2/c1-12-2-8-15(9-3-12)19(23(20)21)16-10-17(22-11-16)13-4-6-14(18)7-5-13/h2-11H,1H3,(H,20,21)/p-1. The molecule has 1 unspecified atom stereocenters. The molecular formula is C17H13FNO2S2-. The summed E-state index contributed by atoms with van der Waals surface area (Å²) < 4.78 is 37.6. The first-order valence-electron chi connectivity index (χ1n) is 6.85. The summed E-state index contributed by atoms with van der Waals surface area (Å²) in [6, 6.07) is 15.2. The van der Waals surface area contributed by atoms with Crippen molar-refractivity contribution in [2.75, 3.05) is 4.31 Å². The Morgan fingerprint density at radius 3 is 2.30 bits per heavy atom. The average molecular weight is 346 g/mol. The number of rotatable bonds is 4. The number of halogens is 1. The van der Waals surface area contributed by atoms with Crippen molar-refractivity contribution in [3.05, 3.63) is 71.4 Å². The molecule has 0 aliphatic heterocycles. The molecule has 0 saturated heterocycles. The second-order valence-corrected chi connectivity index (χ2v) is 6.73. The minimum absolute atomic E-state index is 0.299. The smallest absolute Gasteiger partial charge is 0.123 e. The normalized spacial score (nSPS) is 12.1. The summed E-state index contributed by atoms with van der Waals surface area (Å²) >= 11 is -1.01. The van der Waals surface area contributed by atoms with E-state index in [2.05, 4.69) is 0 Å². The molecule has 0 aliphatic rings. The van der Waals surface area contributed by atoms with E-state index in [1.54, 1.807) is 35.7 Å². The third-order valence-electron chi connectivity index (χ3n) is 3.37. The molecule has 3 nitrogen and oxygen atoms in total. The molecule has 0 fully saturated rings. The van der Waals surface area contributed by atoms with Gasteiger partial charge in [-0.2, -0.15) is 0 Å². The van der Waals surface area contributed by atoms with E-state index in [0.717, 1.165) is 16.0 Å². The summed E-state index contributed by atoms with van der Waals surface area (Å²) in [6.07, 6.45) is 0. The lowest BCUT2D eigenvalue weighted by Gasteiger charge is -2.25. The van der Waals surface area contributed by atoms with Gasteiger partial charge in [-0.1, -0.05) is 29.8 Å². The van der Waals surface area contributed by atoms with Gasteiger partial charge >= 0.3 is 0 Å². The molecular weight excluding hydrogens is 333 g/mol. The lowest BCUT2D eigenvalue weighted by Crippen LogP contribution is -2.18. The van der Waals surface area contributed by atoms with E-state index in [-0.39, 0.29) is 5.82 Å². The lowest BCUT2D eigenvalue weighted by molar-refractivity contribution is 0.537. The summed E-state index contributed by atoms with van der Waals surface area (Å²) in [5, 5.41) is 1.77. The van der Waals surface area contributed by atoms with Crippen molar-refractivity contribution < 1.29 is 13.2 Å². The molecule has 0 amide bonds. The van der Waals surface area contributed by atoms with Crippen molar-refractivity contribution in [2.45, 2.75) is 6.92 Å². The first-order valence-corrected chi connectivity index (χ1v) is 8.76. The average Bonchev–Trinajstić information content (AvgIpc) is 2.99. The first kappa shape index (κ1) is 15.9. The van der Waals surface area contributed by atoms with Crippen molar-refractivity contribution in [1.82, 2.24) is 0 Å². The van der Waals surface area contributed by atoms with Crippen LogP contribution in [0.3, 0.4) is 0 Å². The van der Waals surface area contributed by atoms with Crippen LogP contribution in [0.5, 0.6) is 0 Å². The van der Waals surface area contributed by atoms with Gasteiger partial charge in [-0.05, 0) is 42.8 Å². The zero-order valence-corrected chi connectivity index (χ0v) is 13.9. The third-order valence-corrected chi connectivity index (χ3v) is 5.05. The molecule has 3 aromatic rings. The number of anilines is 2. The lowest BCUT2D eigenvalue weighted by atomic mass is 10.2. The minimum Gasteiger partial charge on any atom is -0.755 e. The van der Waals surface area contributed by atoms with E-state index >= 15 is 0 Å². The van der Waals surface area contributed by atoms with Crippen LogP contribution >= 0.6 is 11.3 Å². The summed E-state index contributed by atoms with van der Waals surface area (Å²) in [4.78, 5) is 0.877. The quantitative estimate of drug-likeness (QED) is 0.637. The first-order chi connectivity index (χ1) is 11.0. The van der Waals surface area contributed by atoms with Crippen LogP contribution in [0, 0.1) is 12.7 Å². The highest BCUT2D eigenvalue weighted by Crippen LogP contribution is 2.35. The van der Waals surface area contributed by atoms with E-state index < -0.39 is 11.3 Å². The zero-order valence-electron chi connectivity index (χ0n) is 12.2. The Balaban J connectivity index is 1.97. The van der Waals surface area contributed by atoms with Crippen LogP contribution in [0.1, 0.15) is 5.56 Å². The number of hydrogen-bond acceptors (Lipinski definition) is 3. The number of benzene rings is 2. The van der Waals surface area contributed by atoms with Crippen LogP contribution in [0.2, 0.25) is 0 Å². The molecule has 0 bridgehead atoms. The SMILES string of the molecule is Cc1ccc(N(c2csc(-c3ccc(F)cc3)c2)S(=O)[O-])cc1. The molecule has 0 N–H and O–H groups in total. The summed E-state index contributed by atoms with van der Waals surface area (Å²) in [5.41, 5.74) is 3.05. The molecule has 1 aromatic heterocycles. The molecule has 3 rings (SSSR count). The largest absolute Gasteiger partial charge is 0.755 e. The van der Waals surface area contributed by atoms with Gasteiger partial charge in [-0.3, -0.25) is 8.51 Å². The Hall–Kier alpha value is -2.02. The van der Waals surface area contributed by atoms with Gasteiger partial charge in [0.15, 0.2) is 0 Å². The Bertz CT molecular complexity index is 829. The Morgan fingerprint density at radius 1 is 1.04 bits per heavy atom. The topological polar surface area (TPSA) is 43.4 Å². The van der Waals surface area contributed by atoms with Gasteiger partial charge in [-0.25, -0.2) is 4.39 Å². The van der Waals surface area contributed by atoms with Gasteiger partial charge in [0.05, 0.1) is 22.6 Å². The molecule has 0 aliphatic carbocycles. The Morgan fingerprint density at radius 2 is 1.70 bits per heavy atom. The second-order valence-electron chi connectivity index (χ2n) is 5.02. The third kappa shape index (κ3) is 3.50. The van der Waals surface area contributed by atoms with Gasteiger partial charge in [0.1, 0.15) is 5.82 Å². The van der Waals surface area contributed by atoms with Crippen LogP contribution in [0.4, 0.5) is 15.8 Å². The van der Waals surface area contributed by atoms with E-state index in [9.17, 15) is 13.2 Å². The number of nitrogens with zero attached hydrogens (tertiary/aromatic N) is 1. The number of thiophene rings is 1. The molecule has 1 heterocycles. The highest BCUT2D eigenvalue weighted by Gasteiger charge is 2.13. The minimum atomic E-state index is -2.43. The van der Waals surface area contributed by atoms with E-state index in [4.69, 9.17) is 0 Å². The molecule has 118 valence electrons. The summed E-state index contributed by atoms with van der Waals surface area (Å²) in [6.45, 7) is 1.94. The molecule has 23 heavy (non-hydrogen) atoms. The van der Waals surface area contributed by atoms with Gasteiger partial charge in [0.2, 0.25) is 0 Å². The van der Waals surface area contributed by atoms with E-state index in [1.807, 2.05) is 19.1 Å². The Kier molecular flexibility index (Phi) is 4.56. The van der Waals surface area contributed by atoms with Crippen LogP contribution in [-0.4, -0.2) is 8.76 Å². The van der Waals surface area contributed by atoms with Gasteiger partial charge in [0.25, 0.3) is 0 Å². The molecule has 0 spiro atoms. The van der Waals surface area contributed by atoms with Crippen molar-refractivity contribution >= 4 is 34.0 Å². The molecule has 2 aromatic carbocycles. The molecule has 1 atom stereocenters. The van der Waals surface area contributed by atoms with Gasteiger partial charge in [0, 0.05) is 10.3 Å². The highest BCUT2D eigenvalue weighted by molar-refractivity contribution is 7.81.